The highest BCUT2D eigenvalue weighted by atomic mass is 35.5. The predicted molar refractivity (Wildman–Crippen MR) is 129 cm³/mol. The largest absolute Gasteiger partial charge is 0.516 e. The fourth-order valence-corrected chi connectivity index (χ4v) is 4.14. The molecule has 0 radical (unpaired) electrons. The van der Waals surface area contributed by atoms with Gasteiger partial charge in [0.2, 0.25) is 0 Å². The number of rotatable bonds is 6. The monoisotopic (exact) mass is 525 g/mol. The van der Waals surface area contributed by atoms with Crippen molar-refractivity contribution in [2.45, 2.75) is 12.1 Å². The van der Waals surface area contributed by atoms with E-state index in [4.69, 9.17) is 27.9 Å². The quantitative estimate of drug-likeness (QED) is 0.281. The van der Waals surface area contributed by atoms with Crippen molar-refractivity contribution in [1.29, 1.82) is 0 Å². The van der Waals surface area contributed by atoms with Gasteiger partial charge in [-0.25, -0.2) is 0 Å². The highest BCUT2D eigenvalue weighted by molar-refractivity contribution is 7.93. The number of halogens is 5. The standard InChI is InChI=1S/C24H16Cl2F3NO3S/c25-21-11-8-17(13-22(21)26)16-6-4-15(5-7-16)14-33-23-3-1-2-18-12-19(9-10-20(18)23)30-34(31,32)24(27,28)29/h1-13,30H,14H2. The summed E-state index contributed by atoms with van der Waals surface area (Å²) < 4.78 is 68.1. The average molecular weight is 526 g/mol. The molecule has 0 saturated carbocycles. The molecule has 0 bridgehead atoms. The van der Waals surface area contributed by atoms with Gasteiger partial charge < -0.3 is 4.74 Å². The molecule has 4 aromatic carbocycles. The molecule has 0 aliphatic rings. The molecular formula is C24H16Cl2F3NO3S. The Bertz CT molecular complexity index is 1460. The number of alkyl halides is 3. The molecule has 0 aliphatic heterocycles. The molecule has 4 aromatic rings. The van der Waals surface area contributed by atoms with Gasteiger partial charge >= 0.3 is 15.5 Å². The van der Waals surface area contributed by atoms with Crippen LogP contribution in [0.15, 0.2) is 78.9 Å². The summed E-state index contributed by atoms with van der Waals surface area (Å²) in [5, 5.41) is 2.10. The minimum Gasteiger partial charge on any atom is -0.488 e. The summed E-state index contributed by atoms with van der Waals surface area (Å²) in [4.78, 5) is 0. The van der Waals surface area contributed by atoms with Crippen LogP contribution in [0, 0.1) is 0 Å². The Labute approximate surface area is 203 Å². The number of fused-ring (bicyclic) bond motifs is 1. The zero-order chi connectivity index (χ0) is 24.5. The van der Waals surface area contributed by atoms with Gasteiger partial charge in [0, 0.05) is 11.1 Å². The molecule has 0 fully saturated rings. The maximum atomic E-state index is 12.6. The molecule has 0 heterocycles. The Balaban J connectivity index is 1.50. The second-order valence-corrected chi connectivity index (χ2v) is 9.85. The molecule has 0 aliphatic carbocycles. The van der Waals surface area contributed by atoms with E-state index in [2.05, 4.69) is 0 Å². The lowest BCUT2D eigenvalue weighted by Gasteiger charge is -2.13. The lowest BCUT2D eigenvalue weighted by Crippen LogP contribution is -2.29. The third-order valence-electron chi connectivity index (χ3n) is 5.00. The first-order valence-electron chi connectivity index (χ1n) is 9.82. The highest BCUT2D eigenvalue weighted by Gasteiger charge is 2.46. The third-order valence-corrected chi connectivity index (χ3v) is 6.85. The number of hydrogen-bond donors (Lipinski definition) is 1. The van der Waals surface area contributed by atoms with E-state index in [9.17, 15) is 21.6 Å². The number of hydrogen-bond acceptors (Lipinski definition) is 3. The normalized spacial score (nSPS) is 12.0. The van der Waals surface area contributed by atoms with Crippen LogP contribution >= 0.6 is 23.2 Å². The lowest BCUT2D eigenvalue weighted by atomic mass is 10.0. The van der Waals surface area contributed by atoms with Gasteiger partial charge in [0.05, 0.1) is 10.0 Å². The SMILES string of the molecule is O=S(=O)(Nc1ccc2c(OCc3ccc(-c4ccc(Cl)c(Cl)c4)cc3)cccc2c1)C(F)(F)F. The molecule has 4 rings (SSSR count). The van der Waals surface area contributed by atoms with Crippen LogP contribution in [0.25, 0.3) is 21.9 Å². The highest BCUT2D eigenvalue weighted by Crippen LogP contribution is 2.32. The van der Waals surface area contributed by atoms with E-state index in [-0.39, 0.29) is 12.3 Å². The minimum absolute atomic E-state index is 0.195. The smallest absolute Gasteiger partial charge is 0.488 e. The van der Waals surface area contributed by atoms with Gasteiger partial charge in [-0.3, -0.25) is 4.72 Å². The summed E-state index contributed by atoms with van der Waals surface area (Å²) in [6.07, 6.45) is 0. The van der Waals surface area contributed by atoms with Gasteiger partial charge in [-0.05, 0) is 58.5 Å². The van der Waals surface area contributed by atoms with E-state index in [0.29, 0.717) is 26.6 Å². The molecule has 0 atom stereocenters. The summed E-state index contributed by atoms with van der Waals surface area (Å²) in [6.45, 7) is 0.253. The van der Waals surface area contributed by atoms with Crippen LogP contribution in [0.1, 0.15) is 5.56 Å². The van der Waals surface area contributed by atoms with Crippen molar-refractivity contribution in [3.05, 3.63) is 94.5 Å². The number of nitrogens with one attached hydrogen (secondary N) is 1. The number of ether oxygens (including phenoxy) is 1. The van der Waals surface area contributed by atoms with Crippen LogP contribution in [0.2, 0.25) is 10.0 Å². The van der Waals surface area contributed by atoms with Gasteiger partial charge in [-0.1, -0.05) is 65.7 Å². The minimum atomic E-state index is -5.50. The molecule has 176 valence electrons. The zero-order valence-electron chi connectivity index (χ0n) is 17.2. The summed E-state index contributed by atoms with van der Waals surface area (Å²) >= 11 is 12.1. The van der Waals surface area contributed by atoms with Gasteiger partial charge in [0.15, 0.2) is 0 Å². The molecule has 0 aromatic heterocycles. The van der Waals surface area contributed by atoms with E-state index < -0.39 is 15.5 Å². The predicted octanol–water partition coefficient (Wildman–Crippen LogP) is 7.65. The number of anilines is 1. The van der Waals surface area contributed by atoms with Crippen LogP contribution in [0.3, 0.4) is 0 Å². The maximum Gasteiger partial charge on any atom is 0.516 e. The fraction of sp³-hybridized carbons (Fsp3) is 0.0833. The Kier molecular flexibility index (Phi) is 6.66. The van der Waals surface area contributed by atoms with Crippen molar-refractivity contribution in [3.8, 4) is 16.9 Å². The van der Waals surface area contributed by atoms with Crippen LogP contribution in [0.4, 0.5) is 18.9 Å². The summed E-state index contributed by atoms with van der Waals surface area (Å²) in [5.74, 6) is 0.510. The van der Waals surface area contributed by atoms with Crippen LogP contribution in [-0.2, 0) is 16.6 Å². The van der Waals surface area contributed by atoms with Gasteiger partial charge in [-0.15, -0.1) is 0 Å². The first kappa shape index (κ1) is 24.2. The lowest BCUT2D eigenvalue weighted by molar-refractivity contribution is -0.0429. The van der Waals surface area contributed by atoms with Gasteiger partial charge in [0.25, 0.3) is 0 Å². The Morgan fingerprint density at radius 1 is 0.824 bits per heavy atom. The van der Waals surface area contributed by atoms with E-state index in [1.54, 1.807) is 35.1 Å². The molecular weight excluding hydrogens is 510 g/mol. The van der Waals surface area contributed by atoms with Gasteiger partial charge in [-0.2, -0.15) is 21.6 Å². The third kappa shape index (κ3) is 5.24. The van der Waals surface area contributed by atoms with Gasteiger partial charge in [0.1, 0.15) is 12.4 Å². The summed E-state index contributed by atoms with van der Waals surface area (Å²) in [5.41, 5.74) is -2.81. The molecule has 10 heteroatoms. The van der Waals surface area contributed by atoms with Crippen molar-refractivity contribution >= 4 is 49.7 Å². The zero-order valence-corrected chi connectivity index (χ0v) is 19.6. The molecule has 1 N–H and O–H groups in total. The van der Waals surface area contributed by atoms with E-state index >= 15 is 0 Å². The van der Waals surface area contributed by atoms with Crippen molar-refractivity contribution in [2.24, 2.45) is 0 Å². The Hall–Kier alpha value is -2.94. The van der Waals surface area contributed by atoms with Crippen LogP contribution < -0.4 is 9.46 Å². The first-order chi connectivity index (χ1) is 16.0. The molecule has 0 amide bonds. The summed E-state index contributed by atoms with van der Waals surface area (Å²) in [7, 11) is -5.50. The Morgan fingerprint density at radius 2 is 1.53 bits per heavy atom. The van der Waals surface area contributed by atoms with E-state index in [1.165, 1.54) is 18.2 Å². The number of benzene rings is 4. The molecule has 0 saturated heterocycles. The summed E-state index contributed by atoms with van der Waals surface area (Å²) in [6, 6.07) is 22.2. The molecule has 4 nitrogen and oxygen atoms in total. The van der Waals surface area contributed by atoms with Crippen LogP contribution in [-0.4, -0.2) is 13.9 Å². The first-order valence-corrected chi connectivity index (χ1v) is 12.1. The second kappa shape index (κ2) is 9.37. The maximum absolute atomic E-state index is 12.6. The second-order valence-electron chi connectivity index (χ2n) is 7.36. The molecule has 34 heavy (non-hydrogen) atoms. The van der Waals surface area contributed by atoms with E-state index in [1.807, 2.05) is 30.3 Å². The molecule has 0 unspecified atom stereocenters. The van der Waals surface area contributed by atoms with Crippen molar-refractivity contribution in [3.63, 3.8) is 0 Å². The number of sulfonamides is 1. The van der Waals surface area contributed by atoms with Crippen LogP contribution in [0.5, 0.6) is 5.75 Å². The topological polar surface area (TPSA) is 55.4 Å². The molecule has 0 spiro atoms. The fourth-order valence-electron chi connectivity index (χ4n) is 3.29. The van der Waals surface area contributed by atoms with Crippen molar-refractivity contribution in [1.82, 2.24) is 0 Å². The van der Waals surface area contributed by atoms with E-state index in [0.717, 1.165) is 16.7 Å². The van der Waals surface area contributed by atoms with Crippen molar-refractivity contribution < 1.29 is 26.3 Å². The average Bonchev–Trinajstić information content (AvgIpc) is 2.78. The Morgan fingerprint density at radius 3 is 2.21 bits per heavy atom. The van der Waals surface area contributed by atoms with Crippen molar-refractivity contribution in [2.75, 3.05) is 4.72 Å².